The fourth-order valence-electron chi connectivity index (χ4n) is 2.45. The van der Waals surface area contributed by atoms with Crippen molar-refractivity contribution in [1.82, 2.24) is 9.88 Å². The third kappa shape index (κ3) is 2.98. The first-order valence-corrected chi connectivity index (χ1v) is 7.03. The number of hydrogen-bond donors (Lipinski definition) is 0. The number of aromatic nitrogens is 1. The Hall–Kier alpha value is -1.91. The molecule has 0 radical (unpaired) electrons. The highest BCUT2D eigenvalue weighted by Gasteiger charge is 2.20. The van der Waals surface area contributed by atoms with Gasteiger partial charge < -0.3 is 9.80 Å². The van der Waals surface area contributed by atoms with E-state index in [1.54, 1.807) is 13.1 Å². The predicted molar refractivity (Wildman–Crippen MR) is 78.1 cm³/mol. The average molecular weight is 275 g/mol. The highest BCUT2D eigenvalue weighted by Crippen LogP contribution is 2.18. The Bertz CT molecular complexity index is 520. The Morgan fingerprint density at radius 1 is 1.25 bits per heavy atom. The maximum absolute atomic E-state index is 11.7. The number of hydrogen-bond acceptors (Lipinski definition) is 4. The van der Waals surface area contributed by atoms with Crippen molar-refractivity contribution >= 4 is 17.5 Å². The molecule has 0 bridgehead atoms. The minimum Gasteiger partial charge on any atom is -0.353 e. The van der Waals surface area contributed by atoms with Gasteiger partial charge in [-0.2, -0.15) is 0 Å². The van der Waals surface area contributed by atoms with E-state index in [0.717, 1.165) is 37.6 Å². The van der Waals surface area contributed by atoms with Gasteiger partial charge in [0.1, 0.15) is 5.82 Å². The fourth-order valence-corrected chi connectivity index (χ4v) is 2.45. The minimum absolute atomic E-state index is 0.123. The van der Waals surface area contributed by atoms with E-state index < -0.39 is 0 Å². The quantitative estimate of drug-likeness (QED) is 0.787. The van der Waals surface area contributed by atoms with Crippen LogP contribution in [0.25, 0.3) is 0 Å². The standard InChI is InChI=1S/C15H21N3O2/c1-4-14(20)13-10-16-15(9-11(13)2)18-7-5-17(6-8-18)12(3)19/h9-10H,4-8H2,1-3H3. The number of anilines is 1. The van der Waals surface area contributed by atoms with Crippen LogP contribution in [0.15, 0.2) is 12.3 Å². The molecule has 20 heavy (non-hydrogen) atoms. The van der Waals surface area contributed by atoms with Gasteiger partial charge in [-0.25, -0.2) is 4.98 Å². The molecule has 108 valence electrons. The van der Waals surface area contributed by atoms with Crippen molar-refractivity contribution in [3.05, 3.63) is 23.4 Å². The topological polar surface area (TPSA) is 53.5 Å². The van der Waals surface area contributed by atoms with E-state index in [9.17, 15) is 9.59 Å². The maximum Gasteiger partial charge on any atom is 0.219 e. The molecule has 2 rings (SSSR count). The molecule has 5 nitrogen and oxygen atoms in total. The molecule has 0 unspecified atom stereocenters. The largest absolute Gasteiger partial charge is 0.353 e. The van der Waals surface area contributed by atoms with Gasteiger partial charge in [0.15, 0.2) is 5.78 Å². The molecule has 1 aliphatic heterocycles. The van der Waals surface area contributed by atoms with Crippen LogP contribution < -0.4 is 4.90 Å². The summed E-state index contributed by atoms with van der Waals surface area (Å²) in [5.74, 6) is 1.14. The number of carbonyl (C=O) groups is 2. The lowest BCUT2D eigenvalue weighted by Gasteiger charge is -2.35. The summed E-state index contributed by atoms with van der Waals surface area (Å²) in [5, 5.41) is 0. The van der Waals surface area contributed by atoms with Crippen LogP contribution in [0.2, 0.25) is 0 Å². The molecule has 0 aliphatic carbocycles. The summed E-state index contributed by atoms with van der Waals surface area (Å²) in [5.41, 5.74) is 1.68. The molecule has 0 saturated carbocycles. The first-order valence-electron chi connectivity index (χ1n) is 7.03. The van der Waals surface area contributed by atoms with Gasteiger partial charge in [-0.3, -0.25) is 9.59 Å². The highest BCUT2D eigenvalue weighted by molar-refractivity contribution is 5.97. The van der Waals surface area contributed by atoms with Crippen LogP contribution in [-0.4, -0.2) is 47.8 Å². The Balaban J connectivity index is 2.09. The fraction of sp³-hybridized carbons (Fsp3) is 0.533. The number of carbonyl (C=O) groups excluding carboxylic acids is 2. The lowest BCUT2D eigenvalue weighted by Crippen LogP contribution is -2.48. The third-order valence-corrected chi connectivity index (χ3v) is 3.77. The molecule has 0 N–H and O–H groups in total. The van der Waals surface area contributed by atoms with Gasteiger partial charge in [0.05, 0.1) is 0 Å². The third-order valence-electron chi connectivity index (χ3n) is 3.77. The van der Waals surface area contributed by atoms with E-state index in [2.05, 4.69) is 9.88 Å². The molecule has 0 aromatic carbocycles. The van der Waals surface area contributed by atoms with Gasteiger partial charge >= 0.3 is 0 Å². The Morgan fingerprint density at radius 2 is 1.90 bits per heavy atom. The van der Waals surface area contributed by atoms with Gasteiger partial charge in [-0.1, -0.05) is 6.92 Å². The molecule has 1 aromatic heterocycles. The van der Waals surface area contributed by atoms with Gasteiger partial charge in [0, 0.05) is 51.3 Å². The van der Waals surface area contributed by atoms with Crippen LogP contribution in [0.1, 0.15) is 36.2 Å². The second-order valence-corrected chi connectivity index (χ2v) is 5.13. The summed E-state index contributed by atoms with van der Waals surface area (Å²) < 4.78 is 0. The summed E-state index contributed by atoms with van der Waals surface area (Å²) in [4.78, 5) is 31.5. The molecule has 1 aliphatic rings. The second kappa shape index (κ2) is 6.03. The molecular weight excluding hydrogens is 254 g/mol. The number of rotatable bonds is 3. The number of ketones is 1. The van der Waals surface area contributed by atoms with Crippen LogP contribution in [0.3, 0.4) is 0 Å². The number of pyridine rings is 1. The van der Waals surface area contributed by atoms with E-state index in [4.69, 9.17) is 0 Å². The molecule has 2 heterocycles. The van der Waals surface area contributed by atoms with Crippen LogP contribution in [0.5, 0.6) is 0 Å². The Kier molecular flexibility index (Phi) is 4.37. The first-order chi connectivity index (χ1) is 9.52. The van der Waals surface area contributed by atoms with Crippen molar-refractivity contribution in [2.45, 2.75) is 27.2 Å². The van der Waals surface area contributed by atoms with Crippen molar-refractivity contribution < 1.29 is 9.59 Å². The number of amides is 1. The monoisotopic (exact) mass is 275 g/mol. The van der Waals surface area contributed by atoms with Gasteiger partial charge in [0.25, 0.3) is 0 Å². The highest BCUT2D eigenvalue weighted by atomic mass is 16.2. The van der Waals surface area contributed by atoms with Crippen LogP contribution in [0.4, 0.5) is 5.82 Å². The van der Waals surface area contributed by atoms with Crippen LogP contribution in [-0.2, 0) is 4.79 Å². The molecular formula is C15H21N3O2. The minimum atomic E-state index is 0.123. The molecule has 5 heteroatoms. The van der Waals surface area contributed by atoms with Crippen molar-refractivity contribution in [3.63, 3.8) is 0 Å². The lowest BCUT2D eigenvalue weighted by molar-refractivity contribution is -0.129. The van der Waals surface area contributed by atoms with E-state index in [0.29, 0.717) is 12.0 Å². The number of Topliss-reactive ketones (excluding diaryl/α,β-unsaturated/α-hetero) is 1. The zero-order valence-electron chi connectivity index (χ0n) is 12.3. The first kappa shape index (κ1) is 14.5. The van der Waals surface area contributed by atoms with Crippen LogP contribution >= 0.6 is 0 Å². The number of aryl methyl sites for hydroxylation is 1. The maximum atomic E-state index is 11.7. The van der Waals surface area contributed by atoms with Crippen molar-refractivity contribution in [3.8, 4) is 0 Å². The molecule has 1 fully saturated rings. The Labute approximate surface area is 119 Å². The summed E-state index contributed by atoms with van der Waals surface area (Å²) in [6.07, 6.45) is 2.17. The molecule has 1 amide bonds. The van der Waals surface area contributed by atoms with Gasteiger partial charge in [0.2, 0.25) is 5.91 Å². The molecule has 0 atom stereocenters. The van der Waals surface area contributed by atoms with Crippen molar-refractivity contribution in [2.24, 2.45) is 0 Å². The molecule has 1 saturated heterocycles. The van der Waals surface area contributed by atoms with E-state index >= 15 is 0 Å². The summed E-state index contributed by atoms with van der Waals surface area (Å²) in [7, 11) is 0. The number of nitrogens with zero attached hydrogens (tertiary/aromatic N) is 3. The van der Waals surface area contributed by atoms with Crippen molar-refractivity contribution in [1.29, 1.82) is 0 Å². The van der Waals surface area contributed by atoms with E-state index in [1.807, 2.05) is 24.8 Å². The zero-order chi connectivity index (χ0) is 14.7. The van der Waals surface area contributed by atoms with Crippen molar-refractivity contribution in [2.75, 3.05) is 31.1 Å². The van der Waals surface area contributed by atoms with Gasteiger partial charge in [-0.15, -0.1) is 0 Å². The van der Waals surface area contributed by atoms with Crippen LogP contribution in [0, 0.1) is 6.92 Å². The summed E-state index contributed by atoms with van der Waals surface area (Å²) in [6.45, 7) is 8.43. The van der Waals surface area contributed by atoms with E-state index in [1.165, 1.54) is 0 Å². The average Bonchev–Trinajstić information content (AvgIpc) is 2.46. The normalized spacial score (nSPS) is 15.3. The summed E-state index contributed by atoms with van der Waals surface area (Å²) >= 11 is 0. The lowest BCUT2D eigenvalue weighted by atomic mass is 10.1. The zero-order valence-corrected chi connectivity index (χ0v) is 12.3. The SMILES string of the molecule is CCC(=O)c1cnc(N2CCN(C(C)=O)CC2)cc1C. The second-order valence-electron chi connectivity index (χ2n) is 5.13. The van der Waals surface area contributed by atoms with E-state index in [-0.39, 0.29) is 11.7 Å². The molecule has 1 aromatic rings. The predicted octanol–water partition coefficient (Wildman–Crippen LogP) is 1.65. The molecule has 0 spiro atoms. The Morgan fingerprint density at radius 3 is 2.40 bits per heavy atom. The van der Waals surface area contributed by atoms with Gasteiger partial charge in [-0.05, 0) is 18.6 Å². The summed E-state index contributed by atoms with van der Waals surface area (Å²) in [6, 6.07) is 1.96. The smallest absolute Gasteiger partial charge is 0.219 e. The number of piperazine rings is 1.